The highest BCUT2D eigenvalue weighted by molar-refractivity contribution is 9.10. The molecule has 2 aromatic carbocycles. The molecule has 0 bridgehead atoms. The standard InChI is InChI=1S/C15H13BrClNO2/c16-11-7-5-10(6-8-11)9-20-15(19)14(18)12-3-1-2-4-13(12)17/h1-8,14H,9,18H2/t14-/m1/s1. The lowest BCUT2D eigenvalue weighted by molar-refractivity contribution is -0.146. The summed E-state index contributed by atoms with van der Waals surface area (Å²) < 4.78 is 6.17. The van der Waals surface area contributed by atoms with Crippen LogP contribution in [-0.4, -0.2) is 5.97 Å². The van der Waals surface area contributed by atoms with E-state index in [9.17, 15) is 4.79 Å². The minimum absolute atomic E-state index is 0.185. The van der Waals surface area contributed by atoms with Crippen LogP contribution in [0.25, 0.3) is 0 Å². The number of carbonyl (C=O) groups is 1. The molecule has 0 aliphatic rings. The topological polar surface area (TPSA) is 52.3 Å². The number of esters is 1. The molecular formula is C15H13BrClNO2. The predicted molar refractivity (Wildman–Crippen MR) is 82.3 cm³/mol. The second-order valence-corrected chi connectivity index (χ2v) is 5.56. The molecule has 104 valence electrons. The second-order valence-electron chi connectivity index (χ2n) is 4.23. The molecule has 0 fully saturated rings. The van der Waals surface area contributed by atoms with Gasteiger partial charge in [-0.1, -0.05) is 57.9 Å². The Hall–Kier alpha value is -1.36. The molecule has 2 aromatic rings. The Morgan fingerprint density at radius 3 is 2.50 bits per heavy atom. The molecule has 0 unspecified atom stereocenters. The summed E-state index contributed by atoms with van der Waals surface area (Å²) in [5, 5.41) is 0.459. The fourth-order valence-corrected chi connectivity index (χ4v) is 2.20. The van der Waals surface area contributed by atoms with Crippen LogP contribution in [0.2, 0.25) is 5.02 Å². The van der Waals surface area contributed by atoms with Gasteiger partial charge in [0.2, 0.25) is 0 Å². The number of carbonyl (C=O) groups excluding carboxylic acids is 1. The van der Waals surface area contributed by atoms with E-state index < -0.39 is 12.0 Å². The molecule has 1 atom stereocenters. The highest BCUT2D eigenvalue weighted by Gasteiger charge is 2.19. The van der Waals surface area contributed by atoms with E-state index in [1.807, 2.05) is 24.3 Å². The van der Waals surface area contributed by atoms with Gasteiger partial charge < -0.3 is 10.5 Å². The Balaban J connectivity index is 1.98. The van der Waals surface area contributed by atoms with Crippen LogP contribution < -0.4 is 5.73 Å². The normalized spacial score (nSPS) is 11.9. The Morgan fingerprint density at radius 1 is 1.20 bits per heavy atom. The third-order valence-electron chi connectivity index (χ3n) is 2.79. The maximum Gasteiger partial charge on any atom is 0.327 e. The van der Waals surface area contributed by atoms with Crippen LogP contribution in [0.1, 0.15) is 17.2 Å². The van der Waals surface area contributed by atoms with Crippen molar-refractivity contribution in [3.63, 3.8) is 0 Å². The zero-order valence-corrected chi connectivity index (χ0v) is 12.9. The number of benzene rings is 2. The third-order valence-corrected chi connectivity index (χ3v) is 3.66. The quantitative estimate of drug-likeness (QED) is 0.849. The molecule has 0 spiro atoms. The molecule has 0 aliphatic carbocycles. The second kappa shape index (κ2) is 6.88. The van der Waals surface area contributed by atoms with E-state index in [1.54, 1.807) is 24.3 Å². The molecule has 0 saturated carbocycles. The number of ether oxygens (including phenoxy) is 1. The van der Waals surface area contributed by atoms with Gasteiger partial charge in [0.25, 0.3) is 0 Å². The average molecular weight is 355 g/mol. The largest absolute Gasteiger partial charge is 0.459 e. The third kappa shape index (κ3) is 3.82. The highest BCUT2D eigenvalue weighted by Crippen LogP contribution is 2.22. The van der Waals surface area contributed by atoms with Gasteiger partial charge in [-0.2, -0.15) is 0 Å². The van der Waals surface area contributed by atoms with Crippen LogP contribution in [0.15, 0.2) is 53.0 Å². The first-order valence-corrected chi connectivity index (χ1v) is 7.16. The van der Waals surface area contributed by atoms with Gasteiger partial charge >= 0.3 is 5.97 Å². The van der Waals surface area contributed by atoms with Crippen molar-refractivity contribution in [3.05, 3.63) is 69.2 Å². The van der Waals surface area contributed by atoms with E-state index in [2.05, 4.69) is 15.9 Å². The maximum absolute atomic E-state index is 11.9. The fraction of sp³-hybridized carbons (Fsp3) is 0.133. The molecule has 3 nitrogen and oxygen atoms in total. The summed E-state index contributed by atoms with van der Waals surface area (Å²) in [5.74, 6) is -0.499. The molecule has 0 aliphatic heterocycles. The minimum Gasteiger partial charge on any atom is -0.459 e. The molecule has 0 amide bonds. The van der Waals surface area contributed by atoms with E-state index in [0.717, 1.165) is 10.0 Å². The minimum atomic E-state index is -0.876. The van der Waals surface area contributed by atoms with Crippen LogP contribution in [-0.2, 0) is 16.1 Å². The lowest BCUT2D eigenvalue weighted by atomic mass is 10.1. The first-order valence-electron chi connectivity index (χ1n) is 5.99. The van der Waals surface area contributed by atoms with Gasteiger partial charge in [0.15, 0.2) is 0 Å². The lowest BCUT2D eigenvalue weighted by Crippen LogP contribution is -2.24. The molecule has 2 rings (SSSR count). The summed E-state index contributed by atoms with van der Waals surface area (Å²) in [5.41, 5.74) is 7.32. The van der Waals surface area contributed by atoms with Gasteiger partial charge in [0.05, 0.1) is 0 Å². The van der Waals surface area contributed by atoms with Crippen LogP contribution in [0.4, 0.5) is 0 Å². The highest BCUT2D eigenvalue weighted by atomic mass is 79.9. The van der Waals surface area contributed by atoms with Crippen molar-refractivity contribution in [2.75, 3.05) is 0 Å². The van der Waals surface area contributed by atoms with Crippen molar-refractivity contribution in [2.45, 2.75) is 12.6 Å². The predicted octanol–water partition coefficient (Wildman–Crippen LogP) is 3.85. The van der Waals surface area contributed by atoms with Crippen LogP contribution in [0, 0.1) is 0 Å². The average Bonchev–Trinajstić information content (AvgIpc) is 2.46. The molecular weight excluding hydrogens is 342 g/mol. The van der Waals surface area contributed by atoms with Gasteiger partial charge in [-0.25, -0.2) is 4.79 Å². The van der Waals surface area contributed by atoms with Crippen LogP contribution in [0.5, 0.6) is 0 Å². The molecule has 0 radical (unpaired) electrons. The summed E-state index contributed by atoms with van der Waals surface area (Å²) in [6.45, 7) is 0.185. The smallest absolute Gasteiger partial charge is 0.327 e. The number of hydrogen-bond acceptors (Lipinski definition) is 3. The maximum atomic E-state index is 11.9. The SMILES string of the molecule is N[C@@H](C(=O)OCc1ccc(Br)cc1)c1ccccc1Cl. The van der Waals surface area contributed by atoms with E-state index >= 15 is 0 Å². The number of rotatable bonds is 4. The van der Waals surface area contributed by atoms with Gasteiger partial charge in [-0.3, -0.25) is 0 Å². The van der Waals surface area contributed by atoms with E-state index in [1.165, 1.54) is 0 Å². The van der Waals surface area contributed by atoms with E-state index in [4.69, 9.17) is 22.1 Å². The van der Waals surface area contributed by atoms with E-state index in [-0.39, 0.29) is 6.61 Å². The lowest BCUT2D eigenvalue weighted by Gasteiger charge is -2.13. The van der Waals surface area contributed by atoms with Crippen molar-refractivity contribution in [2.24, 2.45) is 5.73 Å². The first-order chi connectivity index (χ1) is 9.58. The van der Waals surface area contributed by atoms with Gasteiger partial charge in [0, 0.05) is 9.50 Å². The van der Waals surface area contributed by atoms with Crippen LogP contribution >= 0.6 is 27.5 Å². The summed E-state index contributed by atoms with van der Waals surface area (Å²) >= 11 is 9.35. The van der Waals surface area contributed by atoms with Crippen molar-refractivity contribution in [1.29, 1.82) is 0 Å². The van der Waals surface area contributed by atoms with Crippen molar-refractivity contribution < 1.29 is 9.53 Å². The van der Waals surface area contributed by atoms with Crippen molar-refractivity contribution >= 4 is 33.5 Å². The number of halogens is 2. The van der Waals surface area contributed by atoms with Crippen molar-refractivity contribution in [3.8, 4) is 0 Å². The summed E-state index contributed by atoms with van der Waals surface area (Å²) in [4.78, 5) is 11.9. The zero-order valence-electron chi connectivity index (χ0n) is 10.6. The van der Waals surface area contributed by atoms with Gasteiger partial charge in [-0.15, -0.1) is 0 Å². The molecule has 20 heavy (non-hydrogen) atoms. The van der Waals surface area contributed by atoms with Gasteiger partial charge in [-0.05, 0) is 29.3 Å². The molecule has 0 aromatic heterocycles. The molecule has 2 N–H and O–H groups in total. The Morgan fingerprint density at radius 2 is 1.85 bits per heavy atom. The van der Waals surface area contributed by atoms with Gasteiger partial charge in [0.1, 0.15) is 12.6 Å². The summed E-state index contributed by atoms with van der Waals surface area (Å²) in [6.07, 6.45) is 0. The Labute approximate surface area is 130 Å². The molecule has 0 heterocycles. The fourth-order valence-electron chi connectivity index (χ4n) is 1.68. The summed E-state index contributed by atoms with van der Waals surface area (Å²) in [7, 11) is 0. The summed E-state index contributed by atoms with van der Waals surface area (Å²) in [6, 6.07) is 13.6. The van der Waals surface area contributed by atoms with Crippen molar-refractivity contribution in [1.82, 2.24) is 0 Å². The van der Waals surface area contributed by atoms with Crippen LogP contribution in [0.3, 0.4) is 0 Å². The molecule has 0 saturated heterocycles. The number of nitrogens with two attached hydrogens (primary N) is 1. The van der Waals surface area contributed by atoms with E-state index in [0.29, 0.717) is 10.6 Å². The molecule has 5 heteroatoms. The zero-order chi connectivity index (χ0) is 14.5. The Bertz CT molecular complexity index is 601. The number of hydrogen-bond donors (Lipinski definition) is 1. The monoisotopic (exact) mass is 353 g/mol. The first kappa shape index (κ1) is 15.0. The Kier molecular flexibility index (Phi) is 5.17.